The minimum absolute atomic E-state index is 0.116. The van der Waals surface area contributed by atoms with Crippen LogP contribution in [-0.4, -0.2) is 36.6 Å². The van der Waals surface area contributed by atoms with Gasteiger partial charge in [-0.15, -0.1) is 0 Å². The first-order valence-electron chi connectivity index (χ1n) is 8.57. The van der Waals surface area contributed by atoms with Gasteiger partial charge < -0.3 is 23.7 Å². The van der Waals surface area contributed by atoms with E-state index in [4.69, 9.17) is 18.6 Å². The Bertz CT molecular complexity index is 879. The number of fused-ring (bicyclic) bond motifs is 1. The molecule has 0 spiro atoms. The van der Waals surface area contributed by atoms with Gasteiger partial charge in [0, 0.05) is 11.5 Å². The van der Waals surface area contributed by atoms with Crippen molar-refractivity contribution in [1.82, 2.24) is 0 Å². The first-order chi connectivity index (χ1) is 12.3. The minimum atomic E-state index is -0.522. The molecule has 6 nitrogen and oxygen atoms in total. The fourth-order valence-corrected chi connectivity index (χ4v) is 3.02. The summed E-state index contributed by atoms with van der Waals surface area (Å²) in [5.41, 5.74) is 0.693. The van der Waals surface area contributed by atoms with Gasteiger partial charge in [-0.05, 0) is 51.5 Å². The topological polar surface area (TPSA) is 81.4 Å². The third-order valence-electron chi connectivity index (χ3n) is 4.52. The molecule has 2 heterocycles. The van der Waals surface area contributed by atoms with Crippen LogP contribution in [0.15, 0.2) is 45.1 Å². The highest BCUT2D eigenvalue weighted by molar-refractivity contribution is 5.85. The molecule has 3 rings (SSSR count). The second-order valence-corrected chi connectivity index (χ2v) is 7.04. The van der Waals surface area contributed by atoms with Crippen LogP contribution in [0.25, 0.3) is 11.0 Å². The fraction of sp³-hybridized carbons (Fsp3) is 0.450. The van der Waals surface area contributed by atoms with Gasteiger partial charge in [-0.3, -0.25) is 0 Å². The lowest BCUT2D eigenvalue weighted by molar-refractivity contribution is 0.135. The third kappa shape index (κ3) is 3.92. The normalized spacial score (nSPS) is 20.0. The second-order valence-electron chi connectivity index (χ2n) is 7.04. The zero-order valence-electron chi connectivity index (χ0n) is 15.4. The molecule has 0 amide bonds. The van der Waals surface area contributed by atoms with E-state index in [-0.39, 0.29) is 11.7 Å². The van der Waals surface area contributed by atoms with Gasteiger partial charge in [0.25, 0.3) is 0 Å². The Balaban J connectivity index is 1.66. The fourth-order valence-electron chi connectivity index (χ4n) is 3.02. The van der Waals surface area contributed by atoms with Crippen LogP contribution in [-0.2, 0) is 4.74 Å². The summed E-state index contributed by atoms with van der Waals surface area (Å²) in [7, 11) is 1.50. The predicted molar refractivity (Wildman–Crippen MR) is 97.9 cm³/mol. The van der Waals surface area contributed by atoms with E-state index >= 15 is 0 Å². The lowest BCUT2D eigenvalue weighted by atomic mass is 10.0. The predicted octanol–water partition coefficient (Wildman–Crippen LogP) is 3.06. The summed E-state index contributed by atoms with van der Waals surface area (Å²) >= 11 is 0. The van der Waals surface area contributed by atoms with Crippen LogP contribution in [0.3, 0.4) is 0 Å². The summed E-state index contributed by atoms with van der Waals surface area (Å²) in [4.78, 5) is 11.5. The highest BCUT2D eigenvalue weighted by atomic mass is 16.6. The van der Waals surface area contributed by atoms with Crippen molar-refractivity contribution in [3.63, 3.8) is 0 Å². The molecule has 0 aliphatic carbocycles. The zero-order chi connectivity index (χ0) is 18.9. The molecule has 1 aliphatic rings. The smallest absolute Gasteiger partial charge is 0.336 e. The van der Waals surface area contributed by atoms with Crippen LogP contribution >= 0.6 is 0 Å². The van der Waals surface area contributed by atoms with Gasteiger partial charge in [0.05, 0.1) is 18.8 Å². The average molecular weight is 360 g/mol. The molecule has 1 aliphatic heterocycles. The van der Waals surface area contributed by atoms with Crippen molar-refractivity contribution in [1.29, 1.82) is 0 Å². The Labute approximate surface area is 152 Å². The van der Waals surface area contributed by atoms with Crippen LogP contribution in [0.1, 0.15) is 27.2 Å². The van der Waals surface area contributed by atoms with Crippen LogP contribution < -0.4 is 15.1 Å². The largest absolute Gasteiger partial charge is 0.490 e. The molecular weight excluding hydrogens is 336 g/mol. The van der Waals surface area contributed by atoms with E-state index in [1.54, 1.807) is 12.1 Å². The Hall–Kier alpha value is -2.31. The van der Waals surface area contributed by atoms with Crippen molar-refractivity contribution >= 4 is 11.0 Å². The zero-order valence-corrected chi connectivity index (χ0v) is 15.4. The summed E-state index contributed by atoms with van der Waals surface area (Å²) < 4.78 is 21.8. The molecule has 1 saturated heterocycles. The Morgan fingerprint density at radius 1 is 1.35 bits per heavy atom. The molecule has 26 heavy (non-hydrogen) atoms. The molecule has 6 heteroatoms. The van der Waals surface area contributed by atoms with Crippen molar-refractivity contribution in [2.45, 2.75) is 45.0 Å². The van der Waals surface area contributed by atoms with Crippen molar-refractivity contribution < 1.29 is 23.7 Å². The van der Waals surface area contributed by atoms with Gasteiger partial charge in [0.15, 0.2) is 11.3 Å². The molecule has 0 bridgehead atoms. The number of aliphatic hydroxyl groups excluding tert-OH is 1. The van der Waals surface area contributed by atoms with Crippen molar-refractivity contribution in [3.8, 4) is 11.5 Å². The summed E-state index contributed by atoms with van der Waals surface area (Å²) in [5.74, 6) is 0.880. The van der Waals surface area contributed by atoms with Crippen LogP contribution in [0, 0.1) is 0 Å². The molecule has 2 atom stereocenters. The number of hydrogen-bond acceptors (Lipinski definition) is 6. The third-order valence-corrected chi connectivity index (χ3v) is 4.52. The highest BCUT2D eigenvalue weighted by Crippen LogP contribution is 2.39. The van der Waals surface area contributed by atoms with E-state index in [2.05, 4.69) is 0 Å². The molecule has 1 N–H and O–H groups in total. The van der Waals surface area contributed by atoms with Gasteiger partial charge in [-0.2, -0.15) is 0 Å². The van der Waals surface area contributed by atoms with Gasteiger partial charge in [0.2, 0.25) is 5.75 Å². The van der Waals surface area contributed by atoms with E-state index in [9.17, 15) is 9.90 Å². The number of hydrogen-bond donors (Lipinski definition) is 1. The Kier molecular flexibility index (Phi) is 5.07. The van der Waals surface area contributed by atoms with E-state index in [1.165, 1.54) is 13.2 Å². The van der Waals surface area contributed by atoms with E-state index in [0.29, 0.717) is 30.1 Å². The molecule has 140 valence electrons. The van der Waals surface area contributed by atoms with Crippen LogP contribution in [0.5, 0.6) is 11.5 Å². The van der Waals surface area contributed by atoms with Gasteiger partial charge >= 0.3 is 5.63 Å². The number of epoxide rings is 1. The maximum atomic E-state index is 11.5. The monoisotopic (exact) mass is 360 g/mol. The Morgan fingerprint density at radius 3 is 2.69 bits per heavy atom. The maximum absolute atomic E-state index is 11.5. The van der Waals surface area contributed by atoms with E-state index in [0.717, 1.165) is 11.0 Å². The SMILES string of the molecule is COc1c(OC/C=C(\C)C[C@H](O)[C@@H]2OC2(C)C)ccc2ccc(=O)oc12. The van der Waals surface area contributed by atoms with Gasteiger partial charge in [0.1, 0.15) is 12.7 Å². The molecule has 1 aromatic carbocycles. The molecule has 2 aromatic rings. The molecule has 0 saturated carbocycles. The van der Waals surface area contributed by atoms with Crippen molar-refractivity contribution in [3.05, 3.63) is 46.3 Å². The number of rotatable bonds is 7. The lowest BCUT2D eigenvalue weighted by Crippen LogP contribution is -2.20. The summed E-state index contributed by atoms with van der Waals surface area (Å²) in [6, 6.07) is 6.63. The molecule has 0 unspecified atom stereocenters. The summed E-state index contributed by atoms with van der Waals surface area (Å²) in [6.07, 6.45) is 1.80. The Morgan fingerprint density at radius 2 is 2.04 bits per heavy atom. The minimum Gasteiger partial charge on any atom is -0.490 e. The molecule has 1 fully saturated rings. The van der Waals surface area contributed by atoms with Crippen molar-refractivity contribution in [2.75, 3.05) is 13.7 Å². The van der Waals surface area contributed by atoms with Crippen LogP contribution in [0.2, 0.25) is 0 Å². The average Bonchev–Trinajstić information content (AvgIpc) is 3.23. The van der Waals surface area contributed by atoms with Gasteiger partial charge in [-0.25, -0.2) is 4.79 Å². The van der Waals surface area contributed by atoms with Gasteiger partial charge in [-0.1, -0.05) is 5.57 Å². The molecule has 1 aromatic heterocycles. The number of benzene rings is 1. The summed E-state index contributed by atoms with van der Waals surface area (Å²) in [5, 5.41) is 10.9. The van der Waals surface area contributed by atoms with E-state index in [1.807, 2.05) is 32.9 Å². The van der Waals surface area contributed by atoms with Crippen molar-refractivity contribution in [2.24, 2.45) is 0 Å². The number of methoxy groups -OCH3 is 1. The van der Waals surface area contributed by atoms with E-state index < -0.39 is 11.7 Å². The molecular formula is C20H24O6. The quantitative estimate of drug-likeness (QED) is 0.464. The first-order valence-corrected chi connectivity index (χ1v) is 8.57. The van der Waals surface area contributed by atoms with Crippen LogP contribution in [0.4, 0.5) is 0 Å². The summed E-state index contributed by atoms with van der Waals surface area (Å²) in [6.45, 7) is 6.19. The highest BCUT2D eigenvalue weighted by Gasteiger charge is 2.51. The number of aliphatic hydroxyl groups is 1. The lowest BCUT2D eigenvalue weighted by Gasteiger charge is -2.12. The first kappa shape index (κ1) is 18.5. The molecule has 0 radical (unpaired) electrons. The number of ether oxygens (including phenoxy) is 3. The second kappa shape index (κ2) is 7.13. The maximum Gasteiger partial charge on any atom is 0.336 e. The standard InChI is InChI=1S/C20H24O6/c1-12(11-14(21)19-20(2,3)26-19)9-10-24-15-7-5-13-6-8-16(22)25-17(13)18(15)23-4/h5-9,14,19,21H,10-11H2,1-4H3/b12-9+/t14-,19-/m0/s1.